The first-order valence-corrected chi connectivity index (χ1v) is 5.96. The summed E-state index contributed by atoms with van der Waals surface area (Å²) in [7, 11) is 0. The van der Waals surface area contributed by atoms with Crippen molar-refractivity contribution < 1.29 is 0 Å². The van der Waals surface area contributed by atoms with Crippen molar-refractivity contribution in [3.63, 3.8) is 0 Å². The largest absolute Gasteiger partial charge is 0.0594 e. The maximum atomic E-state index is 2.45. The van der Waals surface area contributed by atoms with Gasteiger partial charge in [0, 0.05) is 0 Å². The molecule has 1 saturated carbocycles. The SMILES string of the molecule is CC1(C)CCC(C)(C)C(C)(C)C1(C)C. The number of hydrogen-bond acceptors (Lipinski definition) is 0. The molecule has 0 heterocycles. The van der Waals surface area contributed by atoms with E-state index < -0.39 is 0 Å². The van der Waals surface area contributed by atoms with Crippen LogP contribution in [0.1, 0.15) is 68.2 Å². The van der Waals surface area contributed by atoms with E-state index in [4.69, 9.17) is 0 Å². The zero-order chi connectivity index (χ0) is 11.4. The van der Waals surface area contributed by atoms with E-state index in [1.54, 1.807) is 0 Å². The third kappa shape index (κ3) is 1.26. The molecule has 0 spiro atoms. The van der Waals surface area contributed by atoms with Crippen LogP contribution in [-0.2, 0) is 0 Å². The Labute approximate surface area is 90.5 Å². The molecule has 84 valence electrons. The molecule has 0 bridgehead atoms. The third-order valence-corrected chi connectivity index (χ3v) is 6.32. The van der Waals surface area contributed by atoms with Crippen molar-refractivity contribution in [3.8, 4) is 0 Å². The van der Waals surface area contributed by atoms with E-state index in [-0.39, 0.29) is 0 Å². The zero-order valence-corrected chi connectivity index (χ0v) is 11.4. The van der Waals surface area contributed by atoms with Crippen molar-refractivity contribution in [2.45, 2.75) is 68.2 Å². The second-order valence-electron chi connectivity index (χ2n) is 7.52. The minimum atomic E-state index is 0.405. The van der Waals surface area contributed by atoms with Gasteiger partial charge >= 0.3 is 0 Å². The van der Waals surface area contributed by atoms with Gasteiger partial charge in [0.05, 0.1) is 0 Å². The summed E-state index contributed by atoms with van der Waals surface area (Å²) in [6.45, 7) is 19.5. The van der Waals surface area contributed by atoms with Crippen LogP contribution < -0.4 is 0 Å². The predicted octanol–water partition coefficient (Wildman–Crippen LogP) is 4.89. The molecule has 0 aliphatic heterocycles. The summed E-state index contributed by atoms with van der Waals surface area (Å²) in [5, 5.41) is 0. The van der Waals surface area contributed by atoms with Gasteiger partial charge in [-0.2, -0.15) is 0 Å². The molecular formula is C14H28. The first-order valence-electron chi connectivity index (χ1n) is 5.96. The smallest absolute Gasteiger partial charge is 0.0247 e. The fraction of sp³-hybridized carbons (Fsp3) is 1.00. The average molecular weight is 196 g/mol. The zero-order valence-electron chi connectivity index (χ0n) is 11.4. The lowest BCUT2D eigenvalue weighted by Gasteiger charge is -2.63. The highest BCUT2D eigenvalue weighted by molar-refractivity contribution is 5.06. The normalized spacial score (nSPS) is 32.6. The number of rotatable bonds is 0. The van der Waals surface area contributed by atoms with Crippen LogP contribution in [0.4, 0.5) is 0 Å². The van der Waals surface area contributed by atoms with Crippen LogP contribution in [0.25, 0.3) is 0 Å². The molecule has 0 heteroatoms. The molecule has 0 aromatic heterocycles. The Morgan fingerprint density at radius 3 is 0.929 bits per heavy atom. The van der Waals surface area contributed by atoms with Crippen molar-refractivity contribution in [3.05, 3.63) is 0 Å². The average Bonchev–Trinajstić information content (AvgIpc) is 1.98. The van der Waals surface area contributed by atoms with Gasteiger partial charge < -0.3 is 0 Å². The van der Waals surface area contributed by atoms with Crippen LogP contribution in [0, 0.1) is 21.7 Å². The molecular weight excluding hydrogens is 168 g/mol. The van der Waals surface area contributed by atoms with Crippen LogP contribution in [0.5, 0.6) is 0 Å². The van der Waals surface area contributed by atoms with Crippen LogP contribution in [0.15, 0.2) is 0 Å². The molecule has 1 aliphatic carbocycles. The molecule has 1 aliphatic rings. The van der Waals surface area contributed by atoms with Crippen molar-refractivity contribution in [1.82, 2.24) is 0 Å². The highest BCUT2D eigenvalue weighted by Crippen LogP contribution is 2.65. The lowest BCUT2D eigenvalue weighted by Crippen LogP contribution is -2.55. The monoisotopic (exact) mass is 196 g/mol. The quantitative estimate of drug-likeness (QED) is 0.518. The number of hydrogen-bond donors (Lipinski definition) is 0. The summed E-state index contributed by atoms with van der Waals surface area (Å²) in [4.78, 5) is 0. The summed E-state index contributed by atoms with van der Waals surface area (Å²) < 4.78 is 0. The molecule has 0 aromatic rings. The maximum absolute atomic E-state index is 2.45. The van der Waals surface area contributed by atoms with E-state index in [2.05, 4.69) is 55.4 Å². The van der Waals surface area contributed by atoms with E-state index in [9.17, 15) is 0 Å². The lowest BCUT2D eigenvalue weighted by molar-refractivity contribution is -0.143. The van der Waals surface area contributed by atoms with Gasteiger partial charge in [0.2, 0.25) is 0 Å². The lowest BCUT2D eigenvalue weighted by atomic mass is 9.41. The molecule has 0 nitrogen and oxygen atoms in total. The van der Waals surface area contributed by atoms with E-state index in [1.807, 2.05) is 0 Å². The fourth-order valence-electron chi connectivity index (χ4n) is 2.94. The van der Waals surface area contributed by atoms with Crippen LogP contribution in [-0.4, -0.2) is 0 Å². The molecule has 0 atom stereocenters. The van der Waals surface area contributed by atoms with Gasteiger partial charge in [-0.1, -0.05) is 55.4 Å². The molecule has 0 unspecified atom stereocenters. The first kappa shape index (κ1) is 12.1. The summed E-state index contributed by atoms with van der Waals surface area (Å²) in [6.07, 6.45) is 2.72. The van der Waals surface area contributed by atoms with Crippen molar-refractivity contribution in [1.29, 1.82) is 0 Å². The molecule has 1 rings (SSSR count). The molecule has 0 radical (unpaired) electrons. The fourth-order valence-corrected chi connectivity index (χ4v) is 2.94. The molecule has 0 saturated heterocycles. The van der Waals surface area contributed by atoms with Crippen molar-refractivity contribution in [2.75, 3.05) is 0 Å². The van der Waals surface area contributed by atoms with Gasteiger partial charge in [-0.15, -0.1) is 0 Å². The van der Waals surface area contributed by atoms with Gasteiger partial charge in [-0.3, -0.25) is 0 Å². The van der Waals surface area contributed by atoms with Gasteiger partial charge in [-0.25, -0.2) is 0 Å². The maximum Gasteiger partial charge on any atom is -0.0247 e. The second kappa shape index (κ2) is 2.77. The summed E-state index contributed by atoms with van der Waals surface area (Å²) >= 11 is 0. The Hall–Kier alpha value is 0. The highest BCUT2D eigenvalue weighted by Gasteiger charge is 2.57. The summed E-state index contributed by atoms with van der Waals surface area (Å²) in [5.41, 5.74) is 1.74. The molecule has 0 N–H and O–H groups in total. The predicted molar refractivity (Wildman–Crippen MR) is 64.4 cm³/mol. The summed E-state index contributed by atoms with van der Waals surface area (Å²) in [5.74, 6) is 0. The Morgan fingerprint density at radius 1 is 0.500 bits per heavy atom. The van der Waals surface area contributed by atoms with E-state index in [0.717, 1.165) is 0 Å². The Morgan fingerprint density at radius 2 is 0.714 bits per heavy atom. The van der Waals surface area contributed by atoms with E-state index >= 15 is 0 Å². The third-order valence-electron chi connectivity index (χ3n) is 6.32. The second-order valence-corrected chi connectivity index (χ2v) is 7.52. The Balaban J connectivity index is 3.20. The minimum Gasteiger partial charge on any atom is -0.0594 e. The van der Waals surface area contributed by atoms with Gasteiger partial charge in [-0.05, 0) is 34.5 Å². The van der Waals surface area contributed by atoms with Crippen LogP contribution in [0.2, 0.25) is 0 Å². The first-order chi connectivity index (χ1) is 5.96. The van der Waals surface area contributed by atoms with E-state index in [1.165, 1.54) is 12.8 Å². The van der Waals surface area contributed by atoms with Gasteiger partial charge in [0.1, 0.15) is 0 Å². The van der Waals surface area contributed by atoms with Gasteiger partial charge in [0.25, 0.3) is 0 Å². The molecule has 1 fully saturated rings. The molecule has 0 aromatic carbocycles. The standard InChI is InChI=1S/C14H28/c1-11(2)9-10-12(3,4)14(7,8)13(11,5)6/h9-10H2,1-8H3. The summed E-state index contributed by atoms with van der Waals surface area (Å²) in [6, 6.07) is 0. The van der Waals surface area contributed by atoms with Crippen LogP contribution in [0.3, 0.4) is 0 Å². The van der Waals surface area contributed by atoms with Gasteiger partial charge in [0.15, 0.2) is 0 Å². The minimum absolute atomic E-state index is 0.405. The molecule has 14 heavy (non-hydrogen) atoms. The Bertz CT molecular complexity index is 202. The van der Waals surface area contributed by atoms with Crippen molar-refractivity contribution in [2.24, 2.45) is 21.7 Å². The van der Waals surface area contributed by atoms with E-state index in [0.29, 0.717) is 21.7 Å². The molecule has 0 amide bonds. The highest BCUT2D eigenvalue weighted by atomic mass is 14.6. The topological polar surface area (TPSA) is 0 Å². The van der Waals surface area contributed by atoms with Crippen molar-refractivity contribution >= 4 is 0 Å². The Kier molecular flexibility index (Phi) is 2.39. The van der Waals surface area contributed by atoms with Crippen LogP contribution >= 0.6 is 0 Å².